The minimum atomic E-state index is -1.10. The molecule has 0 spiro atoms. The Morgan fingerprint density at radius 1 is 1.93 bits per heavy atom. The number of hydrogen-bond donors (Lipinski definition) is 3. The van der Waals surface area contributed by atoms with Crippen LogP contribution in [0.2, 0.25) is 0 Å². The van der Waals surface area contributed by atoms with Crippen molar-refractivity contribution in [3.8, 4) is 0 Å². The van der Waals surface area contributed by atoms with Gasteiger partial charge in [0.05, 0.1) is 5.54 Å². The second kappa shape index (κ2) is 4.26. The standard InChI is InChI=1S/C9H14N2O3/c1-2-5-9(11-8(12)13)6-3-4-7(9)14-10/h2-3,6-7,11H,1,4-5,10H2,(H,12,13). The van der Waals surface area contributed by atoms with Gasteiger partial charge in [-0.1, -0.05) is 18.2 Å². The zero-order valence-electron chi connectivity index (χ0n) is 7.77. The lowest BCUT2D eigenvalue weighted by Gasteiger charge is -2.31. The Morgan fingerprint density at radius 3 is 3.14 bits per heavy atom. The second-order valence-electron chi connectivity index (χ2n) is 3.23. The summed E-state index contributed by atoms with van der Waals surface area (Å²) < 4.78 is 0. The van der Waals surface area contributed by atoms with Gasteiger partial charge in [-0.3, -0.25) is 4.84 Å². The Balaban J connectivity index is 2.83. The maximum absolute atomic E-state index is 10.6. The molecule has 0 saturated heterocycles. The minimum absolute atomic E-state index is 0.364. The summed E-state index contributed by atoms with van der Waals surface area (Å²) in [5.74, 6) is 5.11. The fraction of sp³-hybridized carbons (Fsp3) is 0.444. The molecule has 0 aromatic carbocycles. The lowest BCUT2D eigenvalue weighted by Crippen LogP contribution is -2.54. The van der Waals surface area contributed by atoms with E-state index in [1.54, 1.807) is 12.2 Å². The smallest absolute Gasteiger partial charge is 0.405 e. The molecule has 0 aromatic rings. The van der Waals surface area contributed by atoms with Crippen molar-refractivity contribution < 1.29 is 14.7 Å². The topological polar surface area (TPSA) is 84.6 Å². The van der Waals surface area contributed by atoms with Gasteiger partial charge in [-0.05, 0) is 12.8 Å². The maximum atomic E-state index is 10.6. The molecule has 0 fully saturated rings. The van der Waals surface area contributed by atoms with Gasteiger partial charge in [-0.2, -0.15) is 0 Å². The van der Waals surface area contributed by atoms with E-state index in [1.807, 2.05) is 6.08 Å². The van der Waals surface area contributed by atoms with Crippen LogP contribution in [0.4, 0.5) is 4.79 Å². The third kappa shape index (κ3) is 1.94. The first-order valence-electron chi connectivity index (χ1n) is 4.30. The first-order valence-corrected chi connectivity index (χ1v) is 4.30. The van der Waals surface area contributed by atoms with Crippen LogP contribution in [0.3, 0.4) is 0 Å². The van der Waals surface area contributed by atoms with Crippen molar-refractivity contribution in [2.75, 3.05) is 0 Å². The molecule has 5 heteroatoms. The molecular formula is C9H14N2O3. The summed E-state index contributed by atoms with van der Waals surface area (Å²) in [6.07, 6.45) is 4.84. The van der Waals surface area contributed by atoms with Crippen LogP contribution < -0.4 is 11.2 Å². The van der Waals surface area contributed by atoms with Crippen LogP contribution in [0, 0.1) is 0 Å². The molecule has 1 aliphatic carbocycles. The van der Waals surface area contributed by atoms with E-state index in [4.69, 9.17) is 15.8 Å². The molecule has 1 amide bonds. The van der Waals surface area contributed by atoms with E-state index in [1.165, 1.54) is 0 Å². The number of carboxylic acid groups (broad SMARTS) is 1. The van der Waals surface area contributed by atoms with E-state index < -0.39 is 11.6 Å². The Labute approximate surface area is 82.2 Å². The number of amides is 1. The average Bonchev–Trinajstić information content (AvgIpc) is 2.47. The lowest BCUT2D eigenvalue weighted by atomic mass is 9.92. The zero-order valence-corrected chi connectivity index (χ0v) is 7.77. The summed E-state index contributed by atoms with van der Waals surface area (Å²) in [6, 6.07) is 0. The molecule has 4 N–H and O–H groups in total. The van der Waals surface area contributed by atoms with Gasteiger partial charge >= 0.3 is 6.09 Å². The quantitative estimate of drug-likeness (QED) is 0.460. The number of nitrogens with two attached hydrogens (primary N) is 1. The highest BCUT2D eigenvalue weighted by atomic mass is 16.6. The van der Waals surface area contributed by atoms with E-state index in [0.29, 0.717) is 12.8 Å². The van der Waals surface area contributed by atoms with E-state index >= 15 is 0 Å². The third-order valence-electron chi connectivity index (χ3n) is 2.33. The fourth-order valence-corrected chi connectivity index (χ4v) is 1.71. The summed E-state index contributed by atoms with van der Waals surface area (Å²) in [5.41, 5.74) is -0.762. The van der Waals surface area contributed by atoms with E-state index in [2.05, 4.69) is 11.9 Å². The van der Waals surface area contributed by atoms with Gasteiger partial charge < -0.3 is 10.4 Å². The molecule has 0 heterocycles. The van der Waals surface area contributed by atoms with Crippen LogP contribution in [0.1, 0.15) is 12.8 Å². The predicted molar refractivity (Wildman–Crippen MR) is 51.5 cm³/mol. The molecule has 0 bridgehead atoms. The van der Waals surface area contributed by atoms with Crippen molar-refractivity contribution in [2.24, 2.45) is 5.90 Å². The van der Waals surface area contributed by atoms with Gasteiger partial charge in [0, 0.05) is 0 Å². The molecular weight excluding hydrogens is 184 g/mol. The molecule has 0 radical (unpaired) electrons. The number of hydrogen-bond acceptors (Lipinski definition) is 3. The van der Waals surface area contributed by atoms with Crippen LogP contribution in [-0.4, -0.2) is 22.8 Å². The van der Waals surface area contributed by atoms with Gasteiger partial charge in [-0.25, -0.2) is 10.7 Å². The molecule has 5 nitrogen and oxygen atoms in total. The largest absolute Gasteiger partial charge is 0.465 e. The van der Waals surface area contributed by atoms with Crippen LogP contribution in [0.5, 0.6) is 0 Å². The number of rotatable bonds is 4. The molecule has 2 unspecified atom stereocenters. The molecule has 1 aliphatic rings. The fourth-order valence-electron chi connectivity index (χ4n) is 1.71. The van der Waals surface area contributed by atoms with Crippen molar-refractivity contribution >= 4 is 6.09 Å². The highest BCUT2D eigenvalue weighted by Crippen LogP contribution is 2.28. The van der Waals surface area contributed by atoms with Crippen LogP contribution >= 0.6 is 0 Å². The summed E-state index contributed by atoms with van der Waals surface area (Å²) in [6.45, 7) is 3.58. The highest BCUT2D eigenvalue weighted by Gasteiger charge is 2.40. The van der Waals surface area contributed by atoms with Crippen molar-refractivity contribution in [2.45, 2.75) is 24.5 Å². The SMILES string of the molecule is C=CCC1(NC(=O)O)C=CCC1ON. The Kier molecular flexibility index (Phi) is 3.27. The monoisotopic (exact) mass is 198 g/mol. The summed E-state index contributed by atoms with van der Waals surface area (Å²) in [7, 11) is 0. The third-order valence-corrected chi connectivity index (χ3v) is 2.33. The zero-order chi connectivity index (χ0) is 10.6. The first-order chi connectivity index (χ1) is 6.64. The van der Waals surface area contributed by atoms with E-state index in [0.717, 1.165) is 0 Å². The molecule has 0 aliphatic heterocycles. The van der Waals surface area contributed by atoms with E-state index in [-0.39, 0.29) is 6.10 Å². The molecule has 0 aromatic heterocycles. The Bertz CT molecular complexity index is 265. The van der Waals surface area contributed by atoms with Crippen molar-refractivity contribution in [3.63, 3.8) is 0 Å². The molecule has 1 rings (SSSR count). The Hall–Kier alpha value is -1.33. The number of carbonyl (C=O) groups is 1. The van der Waals surface area contributed by atoms with Gasteiger partial charge in [0.15, 0.2) is 0 Å². The summed E-state index contributed by atoms with van der Waals surface area (Å²) in [4.78, 5) is 15.4. The average molecular weight is 198 g/mol. The van der Waals surface area contributed by atoms with Gasteiger partial charge in [0.1, 0.15) is 6.10 Å². The summed E-state index contributed by atoms with van der Waals surface area (Å²) >= 11 is 0. The highest BCUT2D eigenvalue weighted by molar-refractivity contribution is 5.66. The molecule has 2 atom stereocenters. The van der Waals surface area contributed by atoms with Crippen molar-refractivity contribution in [3.05, 3.63) is 24.8 Å². The van der Waals surface area contributed by atoms with Crippen LogP contribution in [-0.2, 0) is 4.84 Å². The lowest BCUT2D eigenvalue weighted by molar-refractivity contribution is 0.0114. The van der Waals surface area contributed by atoms with E-state index in [9.17, 15) is 4.79 Å². The molecule has 0 saturated carbocycles. The normalized spacial score (nSPS) is 30.2. The number of nitrogens with one attached hydrogen (secondary N) is 1. The second-order valence-corrected chi connectivity index (χ2v) is 3.23. The van der Waals surface area contributed by atoms with Crippen LogP contribution in [0.15, 0.2) is 24.8 Å². The summed E-state index contributed by atoms with van der Waals surface area (Å²) in [5, 5.41) is 11.1. The van der Waals surface area contributed by atoms with Crippen molar-refractivity contribution in [1.82, 2.24) is 5.32 Å². The van der Waals surface area contributed by atoms with Gasteiger partial charge in [0.2, 0.25) is 0 Å². The Morgan fingerprint density at radius 2 is 2.64 bits per heavy atom. The van der Waals surface area contributed by atoms with Gasteiger partial charge in [0.25, 0.3) is 0 Å². The van der Waals surface area contributed by atoms with Crippen molar-refractivity contribution in [1.29, 1.82) is 0 Å². The maximum Gasteiger partial charge on any atom is 0.405 e. The molecule has 14 heavy (non-hydrogen) atoms. The first kappa shape index (κ1) is 10.7. The predicted octanol–water partition coefficient (Wildman–Crippen LogP) is 0.788. The van der Waals surface area contributed by atoms with Crippen LogP contribution in [0.25, 0.3) is 0 Å². The van der Waals surface area contributed by atoms with Gasteiger partial charge in [-0.15, -0.1) is 6.58 Å². The molecule has 78 valence electrons. The minimum Gasteiger partial charge on any atom is -0.465 e.